The molecule has 0 saturated heterocycles. The first kappa shape index (κ1) is 35.6. The Labute approximate surface area is 532 Å². The first-order chi connectivity index (χ1) is 50.2. The van der Waals surface area contributed by atoms with Crippen molar-refractivity contribution < 1.29 is 36.9 Å². The molecule has 6 heteroatoms. The quantitative estimate of drug-likeness (QED) is 0.122. The fourth-order valence-electron chi connectivity index (χ4n) is 11.2. The molecule has 0 unspecified atom stereocenters. The van der Waals surface area contributed by atoms with Crippen LogP contribution in [0.15, 0.2) is 279 Å². The SMILES string of the molecule is [2H]c1c([2H])c([2H])c(-c2cc(-c3cccc(-c4c([2H])c([2H])c([2H])c([2H])c4[2H])c3Oc3ccnc(-n4c5ccccc5c5ccc(Oc6cccc(N7CN(c8c(-c9c([2H])c([2H])c([2H])c([2H])c9[2H])cc(C(C)(C)C)cc8-c8c([2H])c([2H])c([2H])c([2H])c8[2H])c8ccccc87)c6)cc54)c3)cc(C(C)(C)C)c2)c([2H])c1[2H]. The molecular weight excluding hydrogens is 1050 g/mol. The van der Waals surface area contributed by atoms with Crippen LogP contribution < -0.4 is 19.3 Å². The Morgan fingerprint density at radius 3 is 1.57 bits per heavy atom. The van der Waals surface area contributed by atoms with E-state index in [0.717, 1.165) is 21.9 Å². The van der Waals surface area contributed by atoms with Crippen molar-refractivity contribution in [2.45, 2.75) is 52.4 Å². The molecule has 3 heterocycles. The van der Waals surface area contributed by atoms with Gasteiger partial charge in [0.15, 0.2) is 0 Å². The van der Waals surface area contributed by atoms with Crippen molar-refractivity contribution in [3.63, 3.8) is 0 Å². The van der Waals surface area contributed by atoms with E-state index in [1.165, 1.54) is 0 Å². The summed E-state index contributed by atoms with van der Waals surface area (Å²) in [6.45, 7) is 11.7. The first-order valence-corrected chi connectivity index (χ1v) is 28.0. The van der Waals surface area contributed by atoms with Gasteiger partial charge in [-0.15, -0.1) is 0 Å². The van der Waals surface area contributed by atoms with Crippen molar-refractivity contribution in [1.29, 1.82) is 0 Å². The molecule has 0 N–H and O–H groups in total. The Kier molecular flexibility index (Phi) is 9.10. The van der Waals surface area contributed by atoms with Crippen molar-refractivity contribution in [2.75, 3.05) is 16.5 Å². The van der Waals surface area contributed by atoms with Gasteiger partial charge in [0.05, 0.1) is 55.5 Å². The topological polar surface area (TPSA) is 42.8 Å². The van der Waals surface area contributed by atoms with Gasteiger partial charge in [-0.25, -0.2) is 4.98 Å². The summed E-state index contributed by atoms with van der Waals surface area (Å²) >= 11 is 0. The number of pyridine rings is 1. The average Bonchev–Trinajstić information content (AvgIpc) is 1.74. The highest BCUT2D eigenvalue weighted by Gasteiger charge is 2.33. The van der Waals surface area contributed by atoms with Crippen molar-refractivity contribution >= 4 is 44.6 Å². The highest BCUT2D eigenvalue weighted by molar-refractivity contribution is 6.09. The summed E-state index contributed by atoms with van der Waals surface area (Å²) in [4.78, 5) is 8.79. The lowest BCUT2D eigenvalue weighted by Gasteiger charge is -2.30. The molecule has 418 valence electrons. The Morgan fingerprint density at radius 1 is 0.395 bits per heavy atom. The van der Waals surface area contributed by atoms with Crippen LogP contribution in [0.3, 0.4) is 0 Å². The summed E-state index contributed by atoms with van der Waals surface area (Å²) in [6, 6.07) is 35.0. The van der Waals surface area contributed by atoms with Gasteiger partial charge in [-0.2, -0.15) is 0 Å². The van der Waals surface area contributed by atoms with E-state index in [2.05, 4.69) is 0 Å². The van der Waals surface area contributed by atoms with Gasteiger partial charge in [-0.1, -0.05) is 229 Å². The molecule has 1 aliphatic heterocycles. The van der Waals surface area contributed by atoms with Gasteiger partial charge >= 0.3 is 0 Å². The minimum Gasteiger partial charge on any atom is -0.457 e. The van der Waals surface area contributed by atoms with Crippen LogP contribution in [-0.2, 0) is 10.8 Å². The maximum Gasteiger partial charge on any atom is 0.143 e. The predicted octanol–water partition coefficient (Wildman–Crippen LogP) is 21.9. The molecule has 6 nitrogen and oxygen atoms in total. The van der Waals surface area contributed by atoms with E-state index in [1.807, 2.05) is 147 Å². The molecule has 0 amide bonds. The predicted molar refractivity (Wildman–Crippen MR) is 358 cm³/mol. The average molecular weight is 1140 g/mol. The van der Waals surface area contributed by atoms with Crippen molar-refractivity contribution in [3.05, 3.63) is 290 Å². The standard InChI is InChI=1S/C80H66N4O2/c1-79(2,3)60-46-58(54-25-11-7-12-26-54)45-59(47-60)67-37-24-36-66(55-27-13-8-14-28-55)78(67)86-65-43-44-81-76(52-65)84-72-38-20-19-35-68(72)69-42-41-64(51-75(69)84)85-63-34-23-33-62(50-63)82-53-83(74-40-22-21-39-73(74)82)77-70(56-29-15-9-16-30-56)48-61(80(4,5)6)49-71(77)57-31-17-10-18-32-57/h7-52H,53H2,1-6H3/i7D,8D,9D,10D,11D,12D,13D,14D,15D,16D,17D,18D,25D,26D,27D,28D,29D,30D,31D,32D. The maximum absolute atomic E-state index is 9.36. The van der Waals surface area contributed by atoms with Crippen LogP contribution in [0.25, 0.3) is 83.3 Å². The van der Waals surface area contributed by atoms with E-state index in [1.54, 1.807) is 66.9 Å². The Morgan fingerprint density at radius 2 is 0.919 bits per heavy atom. The third-order valence-corrected chi connectivity index (χ3v) is 15.4. The van der Waals surface area contributed by atoms with Gasteiger partial charge in [0, 0.05) is 63.1 Å². The van der Waals surface area contributed by atoms with Crippen molar-refractivity contribution in [1.82, 2.24) is 9.55 Å². The third kappa shape index (κ3) is 10.2. The molecule has 2 aromatic heterocycles. The number of anilines is 4. The molecule has 0 atom stereocenters. The van der Waals surface area contributed by atoms with Crippen molar-refractivity contribution in [2.24, 2.45) is 0 Å². The van der Waals surface area contributed by atoms with Gasteiger partial charge in [0.25, 0.3) is 0 Å². The van der Waals surface area contributed by atoms with Crippen LogP contribution in [0.4, 0.5) is 22.7 Å². The first-order valence-electron chi connectivity index (χ1n) is 38.0. The number of para-hydroxylation sites is 4. The normalized spacial score (nSPS) is 15.7. The van der Waals surface area contributed by atoms with Gasteiger partial charge in [0.1, 0.15) is 35.5 Å². The molecule has 1 aliphatic rings. The van der Waals surface area contributed by atoms with E-state index in [9.17, 15) is 8.22 Å². The molecule has 11 aromatic carbocycles. The van der Waals surface area contributed by atoms with Crippen LogP contribution in [0.1, 0.15) is 80.1 Å². The molecule has 13 aromatic rings. The number of benzene rings is 11. The number of hydrogen-bond acceptors (Lipinski definition) is 5. The molecule has 14 rings (SSSR count). The number of aromatic nitrogens is 2. The maximum atomic E-state index is 9.36. The fourth-order valence-corrected chi connectivity index (χ4v) is 11.2. The Bertz CT molecular complexity index is 5700. The summed E-state index contributed by atoms with van der Waals surface area (Å²) < 4.78 is 194. The van der Waals surface area contributed by atoms with Crippen LogP contribution in [-0.4, -0.2) is 16.2 Å². The van der Waals surface area contributed by atoms with E-state index in [-0.39, 0.29) is 62.8 Å². The number of nitrogens with zero attached hydrogens (tertiary/aromatic N) is 4. The largest absolute Gasteiger partial charge is 0.457 e. The molecule has 0 saturated carbocycles. The highest BCUT2D eigenvalue weighted by atomic mass is 16.5. The summed E-state index contributed by atoms with van der Waals surface area (Å²) in [5.74, 6) is 1.52. The van der Waals surface area contributed by atoms with Gasteiger partial charge < -0.3 is 19.3 Å². The van der Waals surface area contributed by atoms with E-state index >= 15 is 0 Å². The zero-order chi connectivity index (χ0) is 75.9. The van der Waals surface area contributed by atoms with E-state index < -0.39 is 132 Å². The minimum atomic E-state index is -0.678. The second-order valence-corrected chi connectivity index (χ2v) is 23.0. The Balaban J connectivity index is 0.876. The lowest BCUT2D eigenvalue weighted by Crippen LogP contribution is -2.25. The third-order valence-electron chi connectivity index (χ3n) is 15.4. The van der Waals surface area contributed by atoms with Gasteiger partial charge in [-0.3, -0.25) is 4.57 Å². The van der Waals surface area contributed by atoms with E-state index in [4.69, 9.17) is 33.6 Å². The summed E-state index contributed by atoms with van der Waals surface area (Å²) in [5.41, 5.74) is 4.87. The Hall–Kier alpha value is -10.4. The number of rotatable bonds is 12. The summed E-state index contributed by atoms with van der Waals surface area (Å²) in [5, 5.41) is 1.71. The minimum absolute atomic E-state index is 0.00858. The fraction of sp³-hybridized carbons (Fsp3) is 0.113. The van der Waals surface area contributed by atoms with Gasteiger partial charge in [-0.05, 0) is 122 Å². The number of ether oxygens (including phenoxy) is 2. The summed E-state index contributed by atoms with van der Waals surface area (Å²) in [7, 11) is 0. The lowest BCUT2D eigenvalue weighted by atomic mass is 9.82. The van der Waals surface area contributed by atoms with Crippen LogP contribution in [0, 0.1) is 0 Å². The van der Waals surface area contributed by atoms with Crippen LogP contribution >= 0.6 is 0 Å². The smallest absolute Gasteiger partial charge is 0.143 e. The van der Waals surface area contributed by atoms with Crippen molar-refractivity contribution in [3.8, 4) is 84.5 Å². The lowest BCUT2D eigenvalue weighted by molar-refractivity contribution is 0.483. The molecule has 0 bridgehead atoms. The number of hydrogen-bond donors (Lipinski definition) is 0. The van der Waals surface area contributed by atoms with Gasteiger partial charge in [0.2, 0.25) is 0 Å². The molecule has 86 heavy (non-hydrogen) atoms. The van der Waals surface area contributed by atoms with E-state index in [0.29, 0.717) is 62.1 Å². The molecule has 0 aliphatic carbocycles. The van der Waals surface area contributed by atoms with Crippen LogP contribution in [0.2, 0.25) is 0 Å². The second kappa shape index (κ2) is 22.0. The molecule has 0 fully saturated rings. The highest BCUT2D eigenvalue weighted by Crippen LogP contribution is 2.52. The second-order valence-electron chi connectivity index (χ2n) is 23.0. The summed E-state index contributed by atoms with van der Waals surface area (Å²) in [6.07, 6.45) is 1.56. The molecule has 0 radical (unpaired) electrons. The molecular formula is C80H66N4O2. The zero-order valence-electron chi connectivity index (χ0n) is 67.8. The zero-order valence-corrected chi connectivity index (χ0v) is 47.8. The molecule has 0 spiro atoms. The monoisotopic (exact) mass is 1130 g/mol. The van der Waals surface area contributed by atoms with Crippen LogP contribution in [0.5, 0.6) is 23.0 Å². The number of fused-ring (bicyclic) bond motifs is 4.